The molecule has 0 aromatic carbocycles. The van der Waals surface area contributed by atoms with E-state index in [1.165, 1.54) is 0 Å². The fraction of sp³-hybridized carbons (Fsp3) is 0.500. The van der Waals surface area contributed by atoms with Crippen LogP contribution in [0.4, 0.5) is 0 Å². The van der Waals surface area contributed by atoms with E-state index in [1.807, 2.05) is 6.92 Å². The molecule has 0 spiro atoms. The lowest BCUT2D eigenvalue weighted by Gasteiger charge is -2.07. The number of rotatable bonds is 6. The van der Waals surface area contributed by atoms with Crippen molar-refractivity contribution in [3.05, 3.63) is 27.0 Å². The van der Waals surface area contributed by atoms with E-state index < -0.39 is 37.6 Å². The van der Waals surface area contributed by atoms with Gasteiger partial charge < -0.3 is 5.32 Å². The first-order valence-corrected chi connectivity index (χ1v) is 8.11. The molecule has 2 N–H and O–H groups in total. The summed E-state index contributed by atoms with van der Waals surface area (Å²) in [5.74, 6) is -0.467. The number of halogens is 1. The van der Waals surface area contributed by atoms with Gasteiger partial charge >= 0.3 is 5.69 Å². The summed E-state index contributed by atoms with van der Waals surface area (Å²) in [7, 11) is 0.771. The molecule has 1 aromatic heterocycles. The highest BCUT2D eigenvalue weighted by atomic mass is 35.7. The summed E-state index contributed by atoms with van der Waals surface area (Å²) in [5.41, 5.74) is -2.00. The van der Waals surface area contributed by atoms with Crippen LogP contribution in [-0.2, 0) is 20.4 Å². The van der Waals surface area contributed by atoms with Crippen LogP contribution in [0.5, 0.6) is 0 Å². The van der Waals surface area contributed by atoms with Crippen molar-refractivity contribution in [2.24, 2.45) is 0 Å². The Morgan fingerprint density at radius 3 is 2.65 bits per heavy atom. The maximum atomic E-state index is 11.5. The summed E-state index contributed by atoms with van der Waals surface area (Å²) in [6.45, 7) is 2.00. The fourth-order valence-corrected chi connectivity index (χ4v) is 2.25. The van der Waals surface area contributed by atoms with Crippen LogP contribution in [-0.4, -0.2) is 30.4 Å². The van der Waals surface area contributed by atoms with Gasteiger partial charge in [-0.3, -0.25) is 19.1 Å². The summed E-state index contributed by atoms with van der Waals surface area (Å²) >= 11 is 0. The van der Waals surface area contributed by atoms with E-state index in [1.54, 1.807) is 4.98 Å². The van der Waals surface area contributed by atoms with Gasteiger partial charge in [0.25, 0.3) is 14.6 Å². The molecule has 0 bridgehead atoms. The Balaban J connectivity index is 3.00. The number of aromatic nitrogens is 2. The first kappa shape index (κ1) is 16.4. The van der Waals surface area contributed by atoms with E-state index >= 15 is 0 Å². The molecule has 112 valence electrons. The standard InChI is InChI=1S/C10H14ClN3O5S/c1-2-3-4-12-8(15)6-14-5-7(20(11,18)19)9(16)13-10(14)17/h5H,2-4,6H2,1H3,(H,12,15)(H,13,16,17). The minimum atomic E-state index is -4.29. The molecule has 1 aromatic rings. The molecule has 0 aliphatic rings. The van der Waals surface area contributed by atoms with Crippen LogP contribution < -0.4 is 16.6 Å². The molecule has 10 heteroatoms. The van der Waals surface area contributed by atoms with E-state index in [2.05, 4.69) is 5.32 Å². The topological polar surface area (TPSA) is 118 Å². The van der Waals surface area contributed by atoms with Crippen molar-refractivity contribution < 1.29 is 13.2 Å². The third-order valence-corrected chi connectivity index (χ3v) is 3.72. The fourth-order valence-electron chi connectivity index (χ4n) is 1.40. The lowest BCUT2D eigenvalue weighted by molar-refractivity contribution is -0.121. The predicted molar refractivity (Wildman–Crippen MR) is 72.3 cm³/mol. The summed E-state index contributed by atoms with van der Waals surface area (Å²) in [6, 6.07) is 0. The number of unbranched alkanes of at least 4 members (excludes halogenated alkanes) is 1. The number of aromatic amines is 1. The average molecular weight is 324 g/mol. The SMILES string of the molecule is CCCCNC(=O)Cn1cc(S(=O)(=O)Cl)c(=O)[nH]c1=O. The molecule has 0 unspecified atom stereocenters. The minimum Gasteiger partial charge on any atom is -0.355 e. The summed E-state index contributed by atoms with van der Waals surface area (Å²) in [5, 5.41) is 2.56. The molecular weight excluding hydrogens is 310 g/mol. The number of H-pyrrole nitrogens is 1. The van der Waals surface area contributed by atoms with Crippen LogP contribution in [0.1, 0.15) is 19.8 Å². The van der Waals surface area contributed by atoms with Crippen molar-refractivity contribution in [2.75, 3.05) is 6.54 Å². The molecule has 0 fully saturated rings. The lowest BCUT2D eigenvalue weighted by Crippen LogP contribution is -2.37. The predicted octanol–water partition coefficient (Wildman–Crippen LogP) is -0.620. The van der Waals surface area contributed by atoms with Gasteiger partial charge in [-0.1, -0.05) is 13.3 Å². The Kier molecular flexibility index (Phi) is 5.52. The van der Waals surface area contributed by atoms with Gasteiger partial charge in [-0.25, -0.2) is 13.2 Å². The number of hydrogen-bond donors (Lipinski definition) is 2. The quantitative estimate of drug-likeness (QED) is 0.534. The molecule has 0 aliphatic carbocycles. The van der Waals surface area contributed by atoms with E-state index in [0.717, 1.165) is 23.6 Å². The number of nitrogens with zero attached hydrogens (tertiary/aromatic N) is 1. The van der Waals surface area contributed by atoms with Crippen molar-refractivity contribution in [2.45, 2.75) is 31.2 Å². The third kappa shape index (κ3) is 4.49. The Hall–Kier alpha value is -1.61. The number of amides is 1. The van der Waals surface area contributed by atoms with Crippen LogP contribution in [0.3, 0.4) is 0 Å². The van der Waals surface area contributed by atoms with Crippen molar-refractivity contribution in [1.29, 1.82) is 0 Å². The van der Waals surface area contributed by atoms with Gasteiger partial charge in [0.05, 0.1) is 0 Å². The average Bonchev–Trinajstić information content (AvgIpc) is 2.31. The second-order valence-electron chi connectivity index (χ2n) is 4.02. The van der Waals surface area contributed by atoms with Crippen LogP contribution in [0.15, 0.2) is 20.7 Å². The molecule has 1 rings (SSSR count). The number of carbonyl (C=O) groups excluding carboxylic acids is 1. The molecule has 20 heavy (non-hydrogen) atoms. The van der Waals surface area contributed by atoms with Gasteiger partial charge in [0.1, 0.15) is 6.54 Å². The number of carbonyl (C=O) groups is 1. The summed E-state index contributed by atoms with van der Waals surface area (Å²) < 4.78 is 23.1. The zero-order chi connectivity index (χ0) is 15.3. The molecule has 0 saturated heterocycles. The maximum Gasteiger partial charge on any atom is 0.328 e. The molecule has 1 amide bonds. The normalized spacial score (nSPS) is 11.3. The van der Waals surface area contributed by atoms with Crippen molar-refractivity contribution in [3.63, 3.8) is 0 Å². The van der Waals surface area contributed by atoms with E-state index in [4.69, 9.17) is 10.7 Å². The monoisotopic (exact) mass is 323 g/mol. The molecule has 1 heterocycles. The molecule has 0 radical (unpaired) electrons. The Morgan fingerprint density at radius 1 is 1.45 bits per heavy atom. The zero-order valence-corrected chi connectivity index (χ0v) is 12.3. The van der Waals surface area contributed by atoms with Crippen molar-refractivity contribution in [1.82, 2.24) is 14.9 Å². The highest BCUT2D eigenvalue weighted by Gasteiger charge is 2.18. The van der Waals surface area contributed by atoms with Crippen LogP contribution >= 0.6 is 10.7 Å². The lowest BCUT2D eigenvalue weighted by atomic mass is 10.3. The second kappa shape index (κ2) is 6.71. The third-order valence-electron chi connectivity index (χ3n) is 2.41. The van der Waals surface area contributed by atoms with Crippen LogP contribution in [0.2, 0.25) is 0 Å². The maximum absolute atomic E-state index is 11.5. The molecule has 0 aliphatic heterocycles. The van der Waals surface area contributed by atoms with E-state index in [0.29, 0.717) is 6.54 Å². The Labute approximate surface area is 119 Å². The van der Waals surface area contributed by atoms with Gasteiger partial charge in [-0.05, 0) is 6.42 Å². The molecule has 8 nitrogen and oxygen atoms in total. The first-order valence-electron chi connectivity index (χ1n) is 5.81. The smallest absolute Gasteiger partial charge is 0.328 e. The molecular formula is C10H14ClN3O5S. The Morgan fingerprint density at radius 2 is 2.10 bits per heavy atom. The molecule has 0 saturated carbocycles. The molecule has 0 atom stereocenters. The van der Waals surface area contributed by atoms with E-state index in [9.17, 15) is 22.8 Å². The van der Waals surface area contributed by atoms with Crippen LogP contribution in [0.25, 0.3) is 0 Å². The van der Waals surface area contributed by atoms with Gasteiger partial charge in [-0.2, -0.15) is 0 Å². The van der Waals surface area contributed by atoms with Crippen molar-refractivity contribution in [3.8, 4) is 0 Å². The highest BCUT2D eigenvalue weighted by molar-refractivity contribution is 8.13. The van der Waals surface area contributed by atoms with Gasteiger partial charge in [0.15, 0.2) is 4.90 Å². The largest absolute Gasteiger partial charge is 0.355 e. The number of nitrogens with one attached hydrogen (secondary N) is 2. The van der Waals surface area contributed by atoms with Gasteiger partial charge in [0.2, 0.25) is 5.91 Å². The van der Waals surface area contributed by atoms with Crippen LogP contribution in [0, 0.1) is 0 Å². The Bertz CT molecular complexity index is 706. The van der Waals surface area contributed by atoms with E-state index in [-0.39, 0.29) is 0 Å². The zero-order valence-electron chi connectivity index (χ0n) is 10.7. The number of hydrogen-bond acceptors (Lipinski definition) is 5. The minimum absolute atomic E-state index is 0.404. The van der Waals surface area contributed by atoms with Gasteiger partial charge in [0, 0.05) is 23.4 Å². The summed E-state index contributed by atoms with van der Waals surface area (Å²) in [4.78, 5) is 35.3. The van der Waals surface area contributed by atoms with Gasteiger partial charge in [-0.15, -0.1) is 0 Å². The second-order valence-corrected chi connectivity index (χ2v) is 6.56. The summed E-state index contributed by atoms with van der Waals surface area (Å²) in [6.07, 6.45) is 2.43. The highest BCUT2D eigenvalue weighted by Crippen LogP contribution is 2.07. The first-order chi connectivity index (χ1) is 9.25. The van der Waals surface area contributed by atoms with Crippen molar-refractivity contribution >= 4 is 25.6 Å².